The zero-order valence-corrected chi connectivity index (χ0v) is 22.4. The van der Waals surface area contributed by atoms with Gasteiger partial charge in [0.25, 0.3) is 0 Å². The van der Waals surface area contributed by atoms with Crippen molar-refractivity contribution in [1.29, 1.82) is 0 Å². The van der Waals surface area contributed by atoms with E-state index in [1.54, 1.807) is 7.11 Å². The fraction of sp³-hybridized carbons (Fsp3) is 0.900. The Morgan fingerprint density at radius 2 is 1.61 bits per heavy atom. The van der Waals surface area contributed by atoms with Gasteiger partial charge in [0.1, 0.15) is 0 Å². The molecule has 0 aromatic rings. The maximum absolute atomic E-state index is 18.0. The van der Waals surface area contributed by atoms with E-state index in [9.17, 15) is 4.79 Å². The van der Waals surface area contributed by atoms with Crippen LogP contribution >= 0.6 is 0 Å². The minimum atomic E-state index is -1.80. The monoisotopic (exact) mass is 458 g/mol. The quantitative estimate of drug-likeness (QED) is 0.402. The molecule has 0 saturated heterocycles. The van der Waals surface area contributed by atoms with Crippen molar-refractivity contribution in [2.24, 2.45) is 44.8 Å². The van der Waals surface area contributed by atoms with Crippen molar-refractivity contribution in [1.82, 2.24) is 0 Å². The minimum Gasteiger partial charge on any atom is -0.381 e. The number of ether oxygens (including phenoxy) is 1. The standard InChI is InChI=1S/C30H47FO2/c1-19-20-9-12-29(7)27(5)16-15-26(4)14-13-25(2,3)18-22(26)21(27)17-24(32)30(29,31)28(20,6)11-10-23(19)33-8/h17,19-20,22-23H,9-16,18H2,1-8H3/t19-,20?,22+,23+,26-,27-,28+,29+,30+/m1/s1. The van der Waals surface area contributed by atoms with Crippen LogP contribution in [0.1, 0.15) is 106 Å². The van der Waals surface area contributed by atoms with Crippen molar-refractivity contribution >= 4 is 5.78 Å². The molecular weight excluding hydrogens is 411 g/mol. The number of fused-ring (bicyclic) bond motifs is 7. The molecule has 0 bridgehead atoms. The van der Waals surface area contributed by atoms with Crippen molar-refractivity contribution in [3.05, 3.63) is 11.6 Å². The first-order valence-corrected chi connectivity index (χ1v) is 13.7. The van der Waals surface area contributed by atoms with Crippen molar-refractivity contribution in [3.8, 4) is 0 Å². The highest BCUT2D eigenvalue weighted by Gasteiger charge is 2.77. The van der Waals surface area contributed by atoms with Gasteiger partial charge in [-0.2, -0.15) is 0 Å². The second-order valence-electron chi connectivity index (χ2n) is 14.6. The molecule has 3 heteroatoms. The third kappa shape index (κ3) is 2.73. The van der Waals surface area contributed by atoms with Crippen LogP contribution in [0.5, 0.6) is 0 Å². The summed E-state index contributed by atoms with van der Waals surface area (Å²) in [6, 6.07) is 0. The molecule has 0 aliphatic heterocycles. The molecule has 4 saturated carbocycles. The predicted molar refractivity (Wildman–Crippen MR) is 132 cm³/mol. The van der Waals surface area contributed by atoms with Crippen LogP contribution in [0.25, 0.3) is 0 Å². The normalized spacial score (nSPS) is 55.5. The summed E-state index contributed by atoms with van der Waals surface area (Å²) in [5, 5.41) is 0. The van der Waals surface area contributed by atoms with E-state index in [-0.39, 0.29) is 40.0 Å². The highest BCUT2D eigenvalue weighted by Crippen LogP contribution is 2.76. The maximum atomic E-state index is 18.0. The predicted octanol–water partition coefficient (Wildman–Crippen LogP) is 7.70. The van der Waals surface area contributed by atoms with E-state index in [4.69, 9.17) is 4.74 Å². The van der Waals surface area contributed by atoms with Crippen molar-refractivity contribution < 1.29 is 13.9 Å². The summed E-state index contributed by atoms with van der Waals surface area (Å²) < 4.78 is 23.8. The lowest BCUT2D eigenvalue weighted by molar-refractivity contribution is -0.236. The van der Waals surface area contributed by atoms with E-state index in [0.29, 0.717) is 5.92 Å². The largest absolute Gasteiger partial charge is 0.381 e. The number of allylic oxidation sites excluding steroid dienone is 2. The molecular formula is C30H47FO2. The Hall–Kier alpha value is -0.700. The topological polar surface area (TPSA) is 26.3 Å². The molecule has 0 heterocycles. The smallest absolute Gasteiger partial charge is 0.193 e. The number of carbonyl (C=O) groups is 1. The fourth-order valence-electron chi connectivity index (χ4n) is 10.2. The first-order chi connectivity index (χ1) is 15.2. The lowest BCUT2D eigenvalue weighted by Gasteiger charge is -2.71. The van der Waals surface area contributed by atoms with Crippen molar-refractivity contribution in [2.45, 2.75) is 118 Å². The van der Waals surface area contributed by atoms with Gasteiger partial charge in [0.15, 0.2) is 11.5 Å². The highest BCUT2D eigenvalue weighted by molar-refractivity contribution is 6.01. The number of methoxy groups -OCH3 is 1. The van der Waals surface area contributed by atoms with Gasteiger partial charge in [0.05, 0.1) is 6.10 Å². The average Bonchev–Trinajstić information content (AvgIpc) is 2.74. The molecule has 0 aromatic heterocycles. The third-order valence-corrected chi connectivity index (χ3v) is 12.8. The van der Waals surface area contributed by atoms with Crippen LogP contribution in [-0.4, -0.2) is 24.7 Å². The maximum Gasteiger partial charge on any atom is 0.193 e. The van der Waals surface area contributed by atoms with Crippen LogP contribution in [0.3, 0.4) is 0 Å². The zero-order chi connectivity index (χ0) is 24.2. The van der Waals surface area contributed by atoms with Crippen molar-refractivity contribution in [3.63, 3.8) is 0 Å². The Bertz CT molecular complexity index is 892. The Morgan fingerprint density at radius 1 is 0.939 bits per heavy atom. The third-order valence-electron chi connectivity index (χ3n) is 12.8. The molecule has 0 radical (unpaired) electrons. The zero-order valence-electron chi connectivity index (χ0n) is 22.4. The number of carbonyl (C=O) groups excluding carboxylic acids is 1. The average molecular weight is 459 g/mol. The number of hydrogen-bond donors (Lipinski definition) is 0. The molecule has 9 atom stereocenters. The Kier molecular flexibility index (Phi) is 5.06. The molecule has 33 heavy (non-hydrogen) atoms. The first-order valence-electron chi connectivity index (χ1n) is 13.7. The van der Waals surface area contributed by atoms with E-state index >= 15 is 4.39 Å². The van der Waals surface area contributed by atoms with E-state index in [1.165, 1.54) is 18.4 Å². The Balaban J connectivity index is 1.65. The second kappa shape index (κ2) is 6.95. The van der Waals surface area contributed by atoms with E-state index in [2.05, 4.69) is 48.5 Å². The van der Waals surface area contributed by atoms with Crippen molar-refractivity contribution in [2.75, 3.05) is 7.11 Å². The molecule has 5 rings (SSSR count). The lowest BCUT2D eigenvalue weighted by Crippen LogP contribution is -2.73. The number of rotatable bonds is 1. The van der Waals surface area contributed by atoms with Crippen LogP contribution < -0.4 is 0 Å². The molecule has 4 fully saturated rings. The summed E-state index contributed by atoms with van der Waals surface area (Å²) >= 11 is 0. The van der Waals surface area contributed by atoms with Crippen LogP contribution in [0.4, 0.5) is 4.39 Å². The van der Waals surface area contributed by atoms with Gasteiger partial charge in [-0.15, -0.1) is 0 Å². The SMILES string of the molecule is CO[C@H]1CC[C@@]2(C)C(CC[C@]3(C)[C@]2(F)C(=O)C=C2[C@@H]4CC(C)(C)CC[C@]4(C)CC[C@]23C)[C@H]1C. The van der Waals surface area contributed by atoms with Crippen LogP contribution in [0.15, 0.2) is 11.6 Å². The molecule has 5 aliphatic rings. The summed E-state index contributed by atoms with van der Waals surface area (Å²) in [5.41, 5.74) is -1.47. The van der Waals surface area contributed by atoms with E-state index in [1.807, 2.05) is 6.08 Å². The number of halogens is 1. The Morgan fingerprint density at radius 3 is 2.27 bits per heavy atom. The van der Waals surface area contributed by atoms with Gasteiger partial charge in [-0.25, -0.2) is 4.39 Å². The molecule has 0 spiro atoms. The molecule has 186 valence electrons. The fourth-order valence-corrected chi connectivity index (χ4v) is 10.2. The second-order valence-corrected chi connectivity index (χ2v) is 14.6. The summed E-state index contributed by atoms with van der Waals surface area (Å²) in [6.45, 7) is 16.1. The number of ketones is 1. The van der Waals surface area contributed by atoms with Crippen LogP contribution in [0, 0.1) is 44.8 Å². The molecule has 1 unspecified atom stereocenters. The van der Waals surface area contributed by atoms with E-state index in [0.717, 1.165) is 44.9 Å². The number of alkyl halides is 1. The van der Waals surface area contributed by atoms with Gasteiger partial charge >= 0.3 is 0 Å². The van der Waals surface area contributed by atoms with Gasteiger partial charge in [-0.1, -0.05) is 54.0 Å². The summed E-state index contributed by atoms with van der Waals surface area (Å²) in [5.74, 6) is 0.671. The Labute approximate surface area is 201 Å². The van der Waals surface area contributed by atoms with Gasteiger partial charge in [0, 0.05) is 17.9 Å². The first kappa shape index (κ1) is 24.0. The van der Waals surface area contributed by atoms with Gasteiger partial charge in [0.2, 0.25) is 0 Å². The van der Waals surface area contributed by atoms with Crippen LogP contribution in [-0.2, 0) is 9.53 Å². The highest BCUT2D eigenvalue weighted by atomic mass is 19.1. The molecule has 2 nitrogen and oxygen atoms in total. The number of hydrogen-bond acceptors (Lipinski definition) is 2. The van der Waals surface area contributed by atoms with E-state index < -0.39 is 16.5 Å². The summed E-state index contributed by atoms with van der Waals surface area (Å²) in [4.78, 5) is 14.1. The molecule has 5 aliphatic carbocycles. The van der Waals surface area contributed by atoms with Gasteiger partial charge in [-0.05, 0) is 97.9 Å². The summed E-state index contributed by atoms with van der Waals surface area (Å²) in [6.07, 6.45) is 11.2. The molecule has 0 amide bonds. The minimum absolute atomic E-state index is 0.177. The lowest BCUT2D eigenvalue weighted by atomic mass is 9.33. The molecule has 0 N–H and O–H groups in total. The van der Waals surface area contributed by atoms with Gasteiger partial charge < -0.3 is 4.74 Å². The van der Waals surface area contributed by atoms with Crippen LogP contribution in [0.2, 0.25) is 0 Å². The van der Waals surface area contributed by atoms with Gasteiger partial charge in [-0.3, -0.25) is 4.79 Å². The molecule has 0 aromatic carbocycles. The summed E-state index contributed by atoms with van der Waals surface area (Å²) in [7, 11) is 1.79.